The first-order valence-corrected chi connectivity index (χ1v) is 7.73. The number of piperazine rings is 1. The number of rotatable bonds is 5. The van der Waals surface area contributed by atoms with Gasteiger partial charge in [-0.25, -0.2) is 4.39 Å². The Balaban J connectivity index is 1.86. The standard InChI is InChI=1S/C17H27FN2O/c1-17(2,3)20-11-9-19(10-12-20)16-6-4-15(5-7-16)14-21-13-8-18/h4-7H,8-14H2,1-3H3. The molecule has 0 radical (unpaired) electrons. The Labute approximate surface area is 127 Å². The van der Waals surface area contributed by atoms with E-state index in [9.17, 15) is 4.39 Å². The number of ether oxygens (including phenoxy) is 1. The van der Waals surface area contributed by atoms with Crippen molar-refractivity contribution in [1.29, 1.82) is 0 Å². The zero-order valence-electron chi connectivity index (χ0n) is 13.4. The molecule has 2 rings (SSSR count). The minimum Gasteiger partial charge on any atom is -0.374 e. The molecule has 0 spiro atoms. The minimum absolute atomic E-state index is 0.177. The predicted octanol–water partition coefficient (Wildman–Crippen LogP) is 3.09. The van der Waals surface area contributed by atoms with Crippen LogP contribution >= 0.6 is 0 Å². The van der Waals surface area contributed by atoms with Crippen LogP contribution in [0.25, 0.3) is 0 Å². The highest BCUT2D eigenvalue weighted by Gasteiger charge is 2.25. The normalized spacial score (nSPS) is 17.2. The Bertz CT molecular complexity index is 419. The molecular weight excluding hydrogens is 267 g/mol. The predicted molar refractivity (Wildman–Crippen MR) is 85.6 cm³/mol. The van der Waals surface area contributed by atoms with Crippen LogP contribution in [0.5, 0.6) is 0 Å². The van der Waals surface area contributed by atoms with E-state index in [0.717, 1.165) is 31.7 Å². The maximum Gasteiger partial charge on any atom is 0.113 e. The van der Waals surface area contributed by atoms with Crippen molar-refractivity contribution < 1.29 is 9.13 Å². The van der Waals surface area contributed by atoms with E-state index in [-0.39, 0.29) is 12.1 Å². The third-order valence-corrected chi connectivity index (χ3v) is 4.02. The Morgan fingerprint density at radius 3 is 2.19 bits per heavy atom. The molecule has 0 unspecified atom stereocenters. The Hall–Kier alpha value is -1.13. The summed E-state index contributed by atoms with van der Waals surface area (Å²) in [6.45, 7) is 11.4. The molecule has 0 atom stereocenters. The van der Waals surface area contributed by atoms with E-state index < -0.39 is 6.67 Å². The molecule has 1 aromatic carbocycles. The van der Waals surface area contributed by atoms with Gasteiger partial charge in [0.05, 0.1) is 13.2 Å². The third-order valence-electron chi connectivity index (χ3n) is 4.02. The monoisotopic (exact) mass is 294 g/mol. The number of anilines is 1. The Morgan fingerprint density at radius 2 is 1.67 bits per heavy atom. The maximum absolute atomic E-state index is 12.0. The average Bonchev–Trinajstić information content (AvgIpc) is 2.48. The quantitative estimate of drug-likeness (QED) is 0.776. The van der Waals surface area contributed by atoms with Gasteiger partial charge in [0.25, 0.3) is 0 Å². The average molecular weight is 294 g/mol. The van der Waals surface area contributed by atoms with Gasteiger partial charge in [0.15, 0.2) is 0 Å². The van der Waals surface area contributed by atoms with Gasteiger partial charge in [-0.3, -0.25) is 4.90 Å². The Morgan fingerprint density at radius 1 is 1.05 bits per heavy atom. The highest BCUT2D eigenvalue weighted by molar-refractivity contribution is 5.48. The van der Waals surface area contributed by atoms with E-state index in [1.807, 2.05) is 0 Å². The molecular formula is C17H27FN2O. The molecule has 0 saturated carbocycles. The number of alkyl halides is 1. The summed E-state index contributed by atoms with van der Waals surface area (Å²) in [5.41, 5.74) is 2.61. The summed E-state index contributed by atoms with van der Waals surface area (Å²) in [5, 5.41) is 0. The summed E-state index contributed by atoms with van der Waals surface area (Å²) in [6, 6.07) is 8.43. The van der Waals surface area contributed by atoms with Gasteiger partial charge in [0.1, 0.15) is 6.67 Å². The van der Waals surface area contributed by atoms with Gasteiger partial charge in [0.2, 0.25) is 0 Å². The van der Waals surface area contributed by atoms with E-state index in [2.05, 4.69) is 54.8 Å². The number of halogens is 1. The number of hydrogen-bond acceptors (Lipinski definition) is 3. The first kappa shape index (κ1) is 16.2. The van der Waals surface area contributed by atoms with Crippen LogP contribution in [0, 0.1) is 0 Å². The van der Waals surface area contributed by atoms with Crippen molar-refractivity contribution in [2.45, 2.75) is 32.9 Å². The van der Waals surface area contributed by atoms with Gasteiger partial charge >= 0.3 is 0 Å². The number of nitrogens with zero attached hydrogens (tertiary/aromatic N) is 2. The molecule has 3 nitrogen and oxygen atoms in total. The summed E-state index contributed by atoms with van der Waals surface area (Å²) >= 11 is 0. The van der Waals surface area contributed by atoms with E-state index in [4.69, 9.17) is 4.74 Å². The van der Waals surface area contributed by atoms with Crippen LogP contribution in [0.4, 0.5) is 10.1 Å². The van der Waals surface area contributed by atoms with Crippen LogP contribution in [0.3, 0.4) is 0 Å². The zero-order chi connectivity index (χ0) is 15.3. The van der Waals surface area contributed by atoms with E-state index >= 15 is 0 Å². The first-order chi connectivity index (χ1) is 10.0. The molecule has 0 bridgehead atoms. The van der Waals surface area contributed by atoms with Crippen molar-refractivity contribution in [2.24, 2.45) is 0 Å². The molecule has 1 aromatic rings. The smallest absolute Gasteiger partial charge is 0.113 e. The van der Waals surface area contributed by atoms with Crippen LogP contribution in [0.15, 0.2) is 24.3 Å². The summed E-state index contributed by atoms with van der Waals surface area (Å²) in [4.78, 5) is 4.96. The van der Waals surface area contributed by atoms with Crippen molar-refractivity contribution in [3.63, 3.8) is 0 Å². The molecule has 1 aliphatic rings. The molecule has 4 heteroatoms. The largest absolute Gasteiger partial charge is 0.374 e. The topological polar surface area (TPSA) is 15.7 Å². The molecule has 1 fully saturated rings. The van der Waals surface area contributed by atoms with Crippen LogP contribution in [0.1, 0.15) is 26.3 Å². The molecule has 1 aliphatic heterocycles. The van der Waals surface area contributed by atoms with Gasteiger partial charge in [-0.05, 0) is 38.5 Å². The van der Waals surface area contributed by atoms with Gasteiger partial charge in [0, 0.05) is 37.4 Å². The van der Waals surface area contributed by atoms with Gasteiger partial charge in [-0.15, -0.1) is 0 Å². The van der Waals surface area contributed by atoms with Crippen LogP contribution in [0.2, 0.25) is 0 Å². The summed E-state index contributed by atoms with van der Waals surface area (Å²) < 4.78 is 17.2. The lowest BCUT2D eigenvalue weighted by atomic mass is 10.0. The van der Waals surface area contributed by atoms with Crippen LogP contribution in [-0.2, 0) is 11.3 Å². The lowest BCUT2D eigenvalue weighted by molar-refractivity contribution is 0.106. The second-order valence-corrected chi connectivity index (χ2v) is 6.55. The third kappa shape index (κ3) is 4.68. The SMILES string of the molecule is CC(C)(C)N1CCN(c2ccc(COCCF)cc2)CC1. The summed E-state index contributed by atoms with van der Waals surface area (Å²) in [6.07, 6.45) is 0. The fourth-order valence-electron chi connectivity index (χ4n) is 2.68. The molecule has 0 aliphatic carbocycles. The molecule has 0 N–H and O–H groups in total. The summed E-state index contributed by atoms with van der Waals surface area (Å²) in [7, 11) is 0. The Kier molecular flexibility index (Phi) is 5.59. The molecule has 1 heterocycles. The van der Waals surface area contributed by atoms with E-state index in [0.29, 0.717) is 6.61 Å². The highest BCUT2D eigenvalue weighted by Crippen LogP contribution is 2.21. The van der Waals surface area contributed by atoms with Crippen molar-refractivity contribution >= 4 is 5.69 Å². The molecule has 0 aromatic heterocycles. The molecule has 118 valence electrons. The summed E-state index contributed by atoms with van der Waals surface area (Å²) in [5.74, 6) is 0. The lowest BCUT2D eigenvalue weighted by Crippen LogP contribution is -2.53. The number of benzene rings is 1. The first-order valence-electron chi connectivity index (χ1n) is 7.73. The van der Waals surface area contributed by atoms with Crippen LogP contribution < -0.4 is 4.90 Å². The lowest BCUT2D eigenvalue weighted by Gasteiger charge is -2.43. The van der Waals surface area contributed by atoms with Crippen molar-refractivity contribution in [3.8, 4) is 0 Å². The second kappa shape index (κ2) is 7.23. The van der Waals surface area contributed by atoms with E-state index in [1.54, 1.807) is 0 Å². The van der Waals surface area contributed by atoms with Crippen molar-refractivity contribution in [2.75, 3.05) is 44.4 Å². The van der Waals surface area contributed by atoms with E-state index in [1.165, 1.54) is 5.69 Å². The van der Waals surface area contributed by atoms with Gasteiger partial charge in [-0.2, -0.15) is 0 Å². The van der Waals surface area contributed by atoms with Crippen LogP contribution in [-0.4, -0.2) is 49.9 Å². The fraction of sp³-hybridized carbons (Fsp3) is 0.647. The zero-order valence-corrected chi connectivity index (χ0v) is 13.4. The van der Waals surface area contributed by atoms with Crippen molar-refractivity contribution in [3.05, 3.63) is 29.8 Å². The maximum atomic E-state index is 12.0. The van der Waals surface area contributed by atoms with Gasteiger partial charge in [-0.1, -0.05) is 12.1 Å². The molecule has 0 amide bonds. The van der Waals surface area contributed by atoms with Gasteiger partial charge < -0.3 is 9.64 Å². The number of hydrogen-bond donors (Lipinski definition) is 0. The second-order valence-electron chi connectivity index (χ2n) is 6.55. The molecule has 1 saturated heterocycles. The minimum atomic E-state index is -0.420. The highest BCUT2D eigenvalue weighted by atomic mass is 19.1. The van der Waals surface area contributed by atoms with Crippen molar-refractivity contribution in [1.82, 2.24) is 4.90 Å². The fourth-order valence-corrected chi connectivity index (χ4v) is 2.68. The molecule has 21 heavy (non-hydrogen) atoms.